The standard InChI is InChI=1S/C13H27NO/c1-4-8-12(14-5-2)11-9-6-7-10-13(11)15-3/h11-14H,4-10H2,1-3H3. The SMILES string of the molecule is CCCC(NCC)C1CCCCC1OC. The maximum Gasteiger partial charge on any atom is 0.0614 e. The van der Waals surface area contributed by atoms with Gasteiger partial charge in [-0.1, -0.05) is 33.1 Å². The predicted octanol–water partition coefficient (Wildman–Crippen LogP) is 2.97. The summed E-state index contributed by atoms with van der Waals surface area (Å²) in [6.07, 6.45) is 8.39. The molecule has 0 radical (unpaired) electrons. The summed E-state index contributed by atoms with van der Waals surface area (Å²) in [6.45, 7) is 5.56. The Hall–Kier alpha value is -0.0800. The third-order valence-corrected chi connectivity index (χ3v) is 3.64. The quantitative estimate of drug-likeness (QED) is 0.732. The number of nitrogens with one attached hydrogen (secondary N) is 1. The van der Waals surface area contributed by atoms with Gasteiger partial charge in [0.05, 0.1) is 6.10 Å². The summed E-state index contributed by atoms with van der Waals surface area (Å²) in [7, 11) is 1.87. The van der Waals surface area contributed by atoms with E-state index in [-0.39, 0.29) is 0 Å². The molecule has 0 spiro atoms. The van der Waals surface area contributed by atoms with Crippen molar-refractivity contribution in [3.05, 3.63) is 0 Å². The molecule has 0 aromatic rings. The first-order valence-corrected chi connectivity index (χ1v) is 6.59. The minimum atomic E-state index is 0.495. The van der Waals surface area contributed by atoms with Crippen LogP contribution in [-0.2, 0) is 4.74 Å². The summed E-state index contributed by atoms with van der Waals surface area (Å²) in [5.41, 5.74) is 0. The third kappa shape index (κ3) is 3.76. The van der Waals surface area contributed by atoms with E-state index in [1.165, 1.54) is 38.5 Å². The molecule has 0 aromatic heterocycles. The lowest BCUT2D eigenvalue weighted by atomic mass is 9.80. The maximum absolute atomic E-state index is 5.64. The lowest BCUT2D eigenvalue weighted by molar-refractivity contribution is 0.00670. The van der Waals surface area contributed by atoms with E-state index in [9.17, 15) is 0 Å². The second-order valence-electron chi connectivity index (χ2n) is 4.68. The van der Waals surface area contributed by atoms with Gasteiger partial charge in [0.25, 0.3) is 0 Å². The van der Waals surface area contributed by atoms with Crippen molar-refractivity contribution in [2.45, 2.75) is 64.5 Å². The summed E-state index contributed by atoms with van der Waals surface area (Å²) in [5.74, 6) is 0.739. The van der Waals surface area contributed by atoms with E-state index >= 15 is 0 Å². The average Bonchev–Trinajstić information content (AvgIpc) is 2.29. The third-order valence-electron chi connectivity index (χ3n) is 3.64. The summed E-state index contributed by atoms with van der Waals surface area (Å²) >= 11 is 0. The highest BCUT2D eigenvalue weighted by Crippen LogP contribution is 2.30. The molecule has 1 aliphatic carbocycles. The van der Waals surface area contributed by atoms with Crippen LogP contribution in [-0.4, -0.2) is 25.8 Å². The molecule has 0 amide bonds. The van der Waals surface area contributed by atoms with Crippen molar-refractivity contribution < 1.29 is 4.74 Å². The van der Waals surface area contributed by atoms with Crippen LogP contribution < -0.4 is 5.32 Å². The Balaban J connectivity index is 2.53. The molecule has 0 saturated heterocycles. The molecular weight excluding hydrogens is 186 g/mol. The molecule has 2 nitrogen and oxygen atoms in total. The van der Waals surface area contributed by atoms with Crippen LogP contribution >= 0.6 is 0 Å². The first-order chi connectivity index (χ1) is 7.33. The highest BCUT2D eigenvalue weighted by atomic mass is 16.5. The van der Waals surface area contributed by atoms with Crippen molar-refractivity contribution >= 4 is 0 Å². The van der Waals surface area contributed by atoms with E-state index in [2.05, 4.69) is 19.2 Å². The largest absolute Gasteiger partial charge is 0.381 e. The lowest BCUT2D eigenvalue weighted by Gasteiger charge is -2.36. The van der Waals surface area contributed by atoms with E-state index in [0.717, 1.165) is 12.5 Å². The topological polar surface area (TPSA) is 21.3 Å². The van der Waals surface area contributed by atoms with Crippen molar-refractivity contribution in [2.24, 2.45) is 5.92 Å². The highest BCUT2D eigenvalue weighted by Gasteiger charge is 2.30. The van der Waals surface area contributed by atoms with Crippen molar-refractivity contribution in [1.82, 2.24) is 5.32 Å². The zero-order chi connectivity index (χ0) is 11.1. The van der Waals surface area contributed by atoms with Crippen molar-refractivity contribution in [1.29, 1.82) is 0 Å². The van der Waals surface area contributed by atoms with Gasteiger partial charge < -0.3 is 10.1 Å². The van der Waals surface area contributed by atoms with Crippen LogP contribution in [0.3, 0.4) is 0 Å². The number of rotatable bonds is 6. The number of methoxy groups -OCH3 is 1. The molecule has 0 aromatic carbocycles. The normalized spacial score (nSPS) is 29.0. The summed E-state index contributed by atoms with van der Waals surface area (Å²) in [4.78, 5) is 0. The summed E-state index contributed by atoms with van der Waals surface area (Å²) < 4.78 is 5.64. The molecule has 0 bridgehead atoms. The van der Waals surface area contributed by atoms with Crippen LogP contribution in [0.2, 0.25) is 0 Å². The van der Waals surface area contributed by atoms with Gasteiger partial charge in [0, 0.05) is 19.1 Å². The minimum Gasteiger partial charge on any atom is -0.381 e. The Kier molecular flexibility index (Phi) is 6.26. The fraction of sp³-hybridized carbons (Fsp3) is 1.00. The smallest absolute Gasteiger partial charge is 0.0614 e. The predicted molar refractivity (Wildman–Crippen MR) is 65.1 cm³/mol. The molecule has 1 rings (SSSR count). The van der Waals surface area contributed by atoms with E-state index in [1.54, 1.807) is 0 Å². The van der Waals surface area contributed by atoms with Gasteiger partial charge in [-0.15, -0.1) is 0 Å². The first kappa shape index (κ1) is 13.0. The van der Waals surface area contributed by atoms with Gasteiger partial charge in [0.1, 0.15) is 0 Å². The molecule has 1 aliphatic rings. The molecule has 2 heteroatoms. The van der Waals surface area contributed by atoms with E-state index in [4.69, 9.17) is 4.74 Å². The molecule has 1 fully saturated rings. The molecule has 3 unspecified atom stereocenters. The molecule has 1 N–H and O–H groups in total. The van der Waals surface area contributed by atoms with Crippen LogP contribution in [0.5, 0.6) is 0 Å². The van der Waals surface area contributed by atoms with E-state index in [1.807, 2.05) is 7.11 Å². The van der Waals surface area contributed by atoms with Crippen LogP contribution in [0.15, 0.2) is 0 Å². The summed E-state index contributed by atoms with van der Waals surface area (Å²) in [5, 5.41) is 3.64. The van der Waals surface area contributed by atoms with Crippen molar-refractivity contribution in [2.75, 3.05) is 13.7 Å². The van der Waals surface area contributed by atoms with Crippen LogP contribution in [0.4, 0.5) is 0 Å². The van der Waals surface area contributed by atoms with Crippen molar-refractivity contribution in [3.8, 4) is 0 Å². The Morgan fingerprint density at radius 2 is 2.00 bits per heavy atom. The molecule has 3 atom stereocenters. The van der Waals surface area contributed by atoms with E-state index < -0.39 is 0 Å². The number of ether oxygens (including phenoxy) is 1. The number of hydrogen-bond acceptors (Lipinski definition) is 2. The van der Waals surface area contributed by atoms with Gasteiger partial charge in [-0.2, -0.15) is 0 Å². The maximum atomic E-state index is 5.64. The monoisotopic (exact) mass is 213 g/mol. The van der Waals surface area contributed by atoms with Crippen LogP contribution in [0, 0.1) is 5.92 Å². The molecule has 15 heavy (non-hydrogen) atoms. The minimum absolute atomic E-state index is 0.495. The van der Waals surface area contributed by atoms with Gasteiger partial charge in [-0.3, -0.25) is 0 Å². The Morgan fingerprint density at radius 1 is 1.27 bits per heavy atom. The molecular formula is C13H27NO. The zero-order valence-corrected chi connectivity index (χ0v) is 10.6. The van der Waals surface area contributed by atoms with Gasteiger partial charge in [-0.25, -0.2) is 0 Å². The van der Waals surface area contributed by atoms with Gasteiger partial charge in [-0.05, 0) is 25.8 Å². The fourth-order valence-corrected chi connectivity index (χ4v) is 2.92. The molecule has 0 heterocycles. The van der Waals surface area contributed by atoms with Gasteiger partial charge in [0.2, 0.25) is 0 Å². The first-order valence-electron chi connectivity index (χ1n) is 6.59. The Bertz CT molecular complexity index is 155. The van der Waals surface area contributed by atoms with Crippen LogP contribution in [0.25, 0.3) is 0 Å². The molecule has 0 aliphatic heterocycles. The van der Waals surface area contributed by atoms with Crippen LogP contribution in [0.1, 0.15) is 52.4 Å². The highest BCUT2D eigenvalue weighted by molar-refractivity contribution is 4.85. The lowest BCUT2D eigenvalue weighted by Crippen LogP contribution is -2.44. The van der Waals surface area contributed by atoms with E-state index in [0.29, 0.717) is 12.1 Å². The molecule has 1 saturated carbocycles. The number of hydrogen-bond donors (Lipinski definition) is 1. The second kappa shape index (κ2) is 7.24. The molecule has 90 valence electrons. The van der Waals surface area contributed by atoms with Gasteiger partial charge >= 0.3 is 0 Å². The fourth-order valence-electron chi connectivity index (χ4n) is 2.92. The average molecular weight is 213 g/mol. The Morgan fingerprint density at radius 3 is 2.60 bits per heavy atom. The van der Waals surface area contributed by atoms with Gasteiger partial charge in [0.15, 0.2) is 0 Å². The second-order valence-corrected chi connectivity index (χ2v) is 4.68. The van der Waals surface area contributed by atoms with Crippen molar-refractivity contribution in [3.63, 3.8) is 0 Å². The zero-order valence-electron chi connectivity index (χ0n) is 10.6. The Labute approximate surface area is 94.8 Å². The summed E-state index contributed by atoms with van der Waals surface area (Å²) in [6, 6.07) is 0.672.